The number of aromatic nitrogens is 3. The van der Waals surface area contributed by atoms with E-state index in [4.69, 9.17) is 11.6 Å². The van der Waals surface area contributed by atoms with Crippen molar-refractivity contribution in [2.45, 2.75) is 49.6 Å². The van der Waals surface area contributed by atoms with E-state index in [1.54, 1.807) is 24.4 Å². The molecule has 210 valence electrons. The number of hydrogen-bond donors (Lipinski definition) is 2. The molecule has 1 saturated carbocycles. The molecule has 0 amide bonds. The SMILES string of the molecule is Cc1ncc(Cl)cc1S(=O)(=O)Nc1ccc(F)c(-c2ccc3nc(NC4CCC(N(C)C)CC4)ncc3c2)c1F. The van der Waals surface area contributed by atoms with Gasteiger partial charge in [0, 0.05) is 29.9 Å². The first-order valence-electron chi connectivity index (χ1n) is 12.8. The lowest BCUT2D eigenvalue weighted by molar-refractivity contribution is 0.221. The molecular weight excluding hydrogens is 558 g/mol. The summed E-state index contributed by atoms with van der Waals surface area (Å²) in [4.78, 5) is 15.0. The topological polar surface area (TPSA) is 100 Å². The third kappa shape index (κ3) is 5.86. The van der Waals surface area contributed by atoms with E-state index < -0.39 is 27.3 Å². The molecule has 40 heavy (non-hydrogen) atoms. The molecule has 0 unspecified atom stereocenters. The van der Waals surface area contributed by atoms with Crippen molar-refractivity contribution in [1.29, 1.82) is 0 Å². The summed E-state index contributed by atoms with van der Waals surface area (Å²) in [7, 11) is -0.0441. The number of hydrogen-bond acceptors (Lipinski definition) is 7. The number of anilines is 2. The highest BCUT2D eigenvalue weighted by Gasteiger charge is 2.24. The number of benzene rings is 2. The van der Waals surface area contributed by atoms with Crippen molar-refractivity contribution in [3.63, 3.8) is 0 Å². The molecular formula is C28H29ClF2N6O2S. The van der Waals surface area contributed by atoms with Crippen LogP contribution in [-0.4, -0.2) is 54.4 Å². The standard InChI is InChI=1S/C28H29ClF2N6O2S/c1-16-25(13-19(29)15-32-16)40(38,39)36-24-11-9-22(30)26(27(24)31)17-4-10-23-18(12-17)14-33-28(35-23)34-20-5-7-21(8-6-20)37(2)3/h4,9-15,20-21,36H,5-8H2,1-3H3,(H,33,34,35). The Morgan fingerprint density at radius 3 is 2.48 bits per heavy atom. The maximum absolute atomic E-state index is 15.6. The van der Waals surface area contributed by atoms with Gasteiger partial charge in [-0.2, -0.15) is 0 Å². The van der Waals surface area contributed by atoms with Gasteiger partial charge in [-0.25, -0.2) is 27.2 Å². The number of rotatable bonds is 7. The Morgan fingerprint density at radius 1 is 1.00 bits per heavy atom. The van der Waals surface area contributed by atoms with Gasteiger partial charge in [0.2, 0.25) is 5.95 Å². The van der Waals surface area contributed by atoms with E-state index >= 15 is 4.39 Å². The Kier molecular flexibility index (Phi) is 7.89. The minimum Gasteiger partial charge on any atom is -0.351 e. The van der Waals surface area contributed by atoms with Crippen LogP contribution >= 0.6 is 11.6 Å². The fourth-order valence-corrected chi connectivity index (χ4v) is 6.54. The van der Waals surface area contributed by atoms with Crippen molar-refractivity contribution in [3.8, 4) is 11.1 Å². The molecule has 1 aliphatic rings. The lowest BCUT2D eigenvalue weighted by Gasteiger charge is -2.32. The van der Waals surface area contributed by atoms with Crippen LogP contribution in [0.15, 0.2) is 53.7 Å². The maximum atomic E-state index is 15.6. The molecule has 2 aromatic heterocycles. The zero-order valence-corrected chi connectivity index (χ0v) is 23.8. The Labute approximate surface area is 236 Å². The lowest BCUT2D eigenvalue weighted by Crippen LogP contribution is -2.36. The summed E-state index contributed by atoms with van der Waals surface area (Å²) in [5.74, 6) is -1.39. The maximum Gasteiger partial charge on any atom is 0.263 e. The molecule has 0 spiro atoms. The summed E-state index contributed by atoms with van der Waals surface area (Å²) in [6.07, 6.45) is 7.17. The highest BCUT2D eigenvalue weighted by atomic mass is 35.5. The number of aryl methyl sites for hydroxylation is 1. The number of nitrogens with one attached hydrogen (secondary N) is 2. The minimum atomic E-state index is -4.25. The van der Waals surface area contributed by atoms with Gasteiger partial charge in [-0.05, 0) is 82.6 Å². The molecule has 4 aromatic rings. The molecule has 5 rings (SSSR count). The first-order chi connectivity index (χ1) is 19.0. The fraction of sp³-hybridized carbons (Fsp3) is 0.321. The number of fused-ring (bicyclic) bond motifs is 1. The second-order valence-electron chi connectivity index (χ2n) is 10.2. The Balaban J connectivity index is 1.39. The summed E-state index contributed by atoms with van der Waals surface area (Å²) in [5.41, 5.74) is 0.239. The summed E-state index contributed by atoms with van der Waals surface area (Å²) in [6, 6.07) is 8.92. The van der Waals surface area contributed by atoms with E-state index in [-0.39, 0.29) is 32.8 Å². The van der Waals surface area contributed by atoms with E-state index in [0.717, 1.165) is 37.8 Å². The van der Waals surface area contributed by atoms with Crippen LogP contribution in [0.25, 0.3) is 22.0 Å². The van der Waals surface area contributed by atoms with E-state index in [2.05, 4.69) is 44.0 Å². The zero-order chi connectivity index (χ0) is 28.6. The molecule has 0 bridgehead atoms. The van der Waals surface area contributed by atoms with Gasteiger partial charge < -0.3 is 10.2 Å². The lowest BCUT2D eigenvalue weighted by atomic mass is 9.91. The molecule has 0 saturated heterocycles. The minimum absolute atomic E-state index is 0.111. The van der Waals surface area contributed by atoms with Crippen LogP contribution in [0.3, 0.4) is 0 Å². The third-order valence-corrected chi connectivity index (χ3v) is 8.95. The number of halogens is 3. The van der Waals surface area contributed by atoms with E-state index in [1.165, 1.54) is 19.2 Å². The first kappa shape index (κ1) is 28.1. The van der Waals surface area contributed by atoms with Crippen LogP contribution in [-0.2, 0) is 10.0 Å². The van der Waals surface area contributed by atoms with Crippen LogP contribution in [0.2, 0.25) is 5.02 Å². The second kappa shape index (κ2) is 11.2. The average molecular weight is 587 g/mol. The molecule has 0 aliphatic heterocycles. The normalized spacial score (nSPS) is 17.8. The molecule has 0 atom stereocenters. The largest absolute Gasteiger partial charge is 0.351 e. The molecule has 0 radical (unpaired) electrons. The van der Waals surface area contributed by atoms with Crippen LogP contribution in [0, 0.1) is 18.6 Å². The summed E-state index contributed by atoms with van der Waals surface area (Å²) in [5, 5.41) is 4.11. The van der Waals surface area contributed by atoms with Crippen LogP contribution in [0.5, 0.6) is 0 Å². The fourth-order valence-electron chi connectivity index (χ4n) is 5.03. The summed E-state index contributed by atoms with van der Waals surface area (Å²) in [6.45, 7) is 1.49. The average Bonchev–Trinajstić information content (AvgIpc) is 2.92. The Morgan fingerprint density at radius 2 is 1.75 bits per heavy atom. The summed E-state index contributed by atoms with van der Waals surface area (Å²) >= 11 is 5.91. The predicted octanol–water partition coefficient (Wildman–Crippen LogP) is 6.02. The van der Waals surface area contributed by atoms with E-state index in [0.29, 0.717) is 22.9 Å². The van der Waals surface area contributed by atoms with Crippen LogP contribution in [0.1, 0.15) is 31.4 Å². The number of sulfonamides is 1. The molecule has 1 aliphatic carbocycles. The van der Waals surface area contributed by atoms with Gasteiger partial charge in [0.05, 0.1) is 27.5 Å². The molecule has 2 heterocycles. The van der Waals surface area contributed by atoms with Gasteiger partial charge in [0.25, 0.3) is 10.0 Å². The third-order valence-electron chi connectivity index (χ3n) is 7.26. The van der Waals surface area contributed by atoms with Crippen molar-refractivity contribution in [1.82, 2.24) is 19.9 Å². The second-order valence-corrected chi connectivity index (χ2v) is 12.3. The Hall–Kier alpha value is -3.41. The van der Waals surface area contributed by atoms with Crippen molar-refractivity contribution < 1.29 is 17.2 Å². The first-order valence-corrected chi connectivity index (χ1v) is 14.7. The molecule has 2 N–H and O–H groups in total. The van der Waals surface area contributed by atoms with Crippen molar-refractivity contribution in [3.05, 3.63) is 71.1 Å². The van der Waals surface area contributed by atoms with Gasteiger partial charge in [-0.3, -0.25) is 9.71 Å². The van der Waals surface area contributed by atoms with E-state index in [1.807, 2.05) is 0 Å². The highest BCUT2D eigenvalue weighted by Crippen LogP contribution is 2.34. The van der Waals surface area contributed by atoms with Gasteiger partial charge in [0.1, 0.15) is 10.7 Å². The zero-order valence-electron chi connectivity index (χ0n) is 22.2. The van der Waals surface area contributed by atoms with E-state index in [9.17, 15) is 12.8 Å². The van der Waals surface area contributed by atoms with Crippen molar-refractivity contribution in [2.75, 3.05) is 24.1 Å². The quantitative estimate of drug-likeness (QED) is 0.273. The number of pyridine rings is 1. The predicted molar refractivity (Wildman–Crippen MR) is 153 cm³/mol. The molecule has 8 nitrogen and oxygen atoms in total. The van der Waals surface area contributed by atoms with Crippen molar-refractivity contribution >= 4 is 44.2 Å². The highest BCUT2D eigenvalue weighted by molar-refractivity contribution is 7.92. The van der Waals surface area contributed by atoms with Gasteiger partial charge in [-0.1, -0.05) is 17.7 Å². The van der Waals surface area contributed by atoms with Gasteiger partial charge in [-0.15, -0.1) is 0 Å². The van der Waals surface area contributed by atoms with Crippen molar-refractivity contribution in [2.24, 2.45) is 0 Å². The molecule has 1 fully saturated rings. The molecule has 12 heteroatoms. The van der Waals surface area contributed by atoms with Crippen LogP contribution < -0.4 is 10.0 Å². The van der Waals surface area contributed by atoms with Gasteiger partial charge >= 0.3 is 0 Å². The monoisotopic (exact) mass is 586 g/mol. The summed E-state index contributed by atoms with van der Waals surface area (Å²) < 4.78 is 58.6. The molecule has 2 aromatic carbocycles. The Bertz CT molecular complexity index is 1680. The van der Waals surface area contributed by atoms with Gasteiger partial charge in [0.15, 0.2) is 5.82 Å². The number of nitrogens with zero attached hydrogens (tertiary/aromatic N) is 4. The van der Waals surface area contributed by atoms with Crippen LogP contribution in [0.4, 0.5) is 20.4 Å². The smallest absolute Gasteiger partial charge is 0.263 e.